The van der Waals surface area contributed by atoms with E-state index in [1.54, 1.807) is 37.3 Å². The maximum Gasteiger partial charge on any atom is 0.284 e. The number of carbonyl (C=O) groups is 1. The summed E-state index contributed by atoms with van der Waals surface area (Å²) >= 11 is 1.27. The average Bonchev–Trinajstić information content (AvgIpc) is 3.06. The molecule has 3 aromatic rings. The van der Waals surface area contributed by atoms with Crippen LogP contribution in [0.15, 0.2) is 48.5 Å². The van der Waals surface area contributed by atoms with Crippen molar-refractivity contribution in [2.45, 2.75) is 13.5 Å². The first-order valence-corrected chi connectivity index (χ1v) is 11.5. The lowest BCUT2D eigenvalue weighted by Gasteiger charge is -2.22. The minimum atomic E-state index is -3.71. The van der Waals surface area contributed by atoms with Crippen molar-refractivity contribution in [3.05, 3.63) is 70.2 Å². The number of hydrogen-bond donors (Lipinski definition) is 2. The van der Waals surface area contributed by atoms with Crippen LogP contribution < -0.4 is 15.4 Å². The third-order valence-electron chi connectivity index (χ3n) is 4.11. The summed E-state index contributed by atoms with van der Waals surface area (Å²) in [5.41, 5.74) is 8.78. The first-order chi connectivity index (χ1) is 14.2. The number of nitrogens with one attached hydrogen (secondary N) is 1. The first-order valence-electron chi connectivity index (χ1n) is 8.78. The molecular weight excluding hydrogens is 422 g/mol. The molecule has 0 fully saturated rings. The van der Waals surface area contributed by atoms with Crippen LogP contribution in [0.5, 0.6) is 0 Å². The van der Waals surface area contributed by atoms with Crippen molar-refractivity contribution in [2.24, 2.45) is 0 Å². The molecule has 10 heteroatoms. The van der Waals surface area contributed by atoms with Gasteiger partial charge in [-0.1, -0.05) is 12.1 Å². The standard InChI is InChI=1S/C20H19N5O3S2/c1-13-18(19(26)24-30(2,27)28)23-20(29-13)25(12-15-4-3-5-16(22)10-15)17-8-6-14(11-21)7-9-17/h3-10H,12,22H2,1-2H3,(H,24,26). The summed E-state index contributed by atoms with van der Waals surface area (Å²) in [6, 6.07) is 16.4. The normalized spacial score (nSPS) is 11.0. The number of sulfonamides is 1. The number of benzene rings is 2. The zero-order valence-corrected chi connectivity index (χ0v) is 17.9. The van der Waals surface area contributed by atoms with Gasteiger partial charge in [0.25, 0.3) is 5.91 Å². The highest BCUT2D eigenvalue weighted by Crippen LogP contribution is 2.33. The fraction of sp³-hybridized carbons (Fsp3) is 0.150. The van der Waals surface area contributed by atoms with Gasteiger partial charge in [-0.2, -0.15) is 5.26 Å². The number of nitrogens with zero attached hydrogens (tertiary/aromatic N) is 3. The smallest absolute Gasteiger partial charge is 0.284 e. The number of nitriles is 1. The lowest BCUT2D eigenvalue weighted by Crippen LogP contribution is -2.30. The van der Waals surface area contributed by atoms with Crippen LogP contribution in [0.1, 0.15) is 26.5 Å². The van der Waals surface area contributed by atoms with Gasteiger partial charge in [0.2, 0.25) is 10.0 Å². The van der Waals surface area contributed by atoms with E-state index >= 15 is 0 Å². The van der Waals surface area contributed by atoms with E-state index in [0.717, 1.165) is 17.5 Å². The summed E-state index contributed by atoms with van der Waals surface area (Å²) in [5, 5.41) is 9.57. The van der Waals surface area contributed by atoms with Crippen LogP contribution >= 0.6 is 11.3 Å². The lowest BCUT2D eigenvalue weighted by atomic mass is 10.1. The molecule has 8 nitrogen and oxygen atoms in total. The second kappa shape index (κ2) is 8.52. The summed E-state index contributed by atoms with van der Waals surface area (Å²) in [4.78, 5) is 19.2. The Labute approximate surface area is 178 Å². The summed E-state index contributed by atoms with van der Waals surface area (Å²) in [5.74, 6) is -0.777. The molecule has 1 amide bonds. The molecule has 3 N–H and O–H groups in total. The molecule has 0 spiro atoms. The van der Waals surface area contributed by atoms with Gasteiger partial charge < -0.3 is 10.6 Å². The van der Waals surface area contributed by atoms with Crippen LogP contribution in [0.25, 0.3) is 0 Å². The molecule has 0 saturated heterocycles. The van der Waals surface area contributed by atoms with Crippen molar-refractivity contribution in [1.82, 2.24) is 9.71 Å². The second-order valence-corrected chi connectivity index (χ2v) is 9.52. The Morgan fingerprint density at radius 2 is 1.97 bits per heavy atom. The van der Waals surface area contributed by atoms with Gasteiger partial charge in [0.1, 0.15) is 5.69 Å². The number of hydrogen-bond acceptors (Lipinski definition) is 8. The van der Waals surface area contributed by atoms with Crippen LogP contribution in [-0.2, 0) is 16.6 Å². The van der Waals surface area contributed by atoms with Gasteiger partial charge in [0.05, 0.1) is 24.4 Å². The minimum absolute atomic E-state index is 0.0478. The molecule has 154 valence electrons. The highest BCUT2D eigenvalue weighted by molar-refractivity contribution is 7.89. The van der Waals surface area contributed by atoms with Crippen LogP contribution in [0.2, 0.25) is 0 Å². The Bertz CT molecular complexity index is 1230. The first kappa shape index (κ1) is 21.3. The number of thiazole rings is 1. The van der Waals surface area contributed by atoms with E-state index in [9.17, 15) is 13.2 Å². The summed E-state index contributed by atoms with van der Waals surface area (Å²) in [6.07, 6.45) is 0.913. The number of anilines is 3. The van der Waals surface area contributed by atoms with Gasteiger partial charge in [-0.25, -0.2) is 18.1 Å². The fourth-order valence-corrected chi connectivity index (χ4v) is 4.14. The number of nitrogen functional groups attached to an aromatic ring is 1. The van der Waals surface area contributed by atoms with Gasteiger partial charge in [-0.3, -0.25) is 4.79 Å². The molecule has 0 bridgehead atoms. The quantitative estimate of drug-likeness (QED) is 0.563. The number of aryl methyl sites for hydroxylation is 1. The van der Waals surface area contributed by atoms with Crippen LogP contribution in [0.3, 0.4) is 0 Å². The predicted octanol–water partition coefficient (Wildman–Crippen LogP) is 2.93. The minimum Gasteiger partial charge on any atom is -0.399 e. The molecule has 0 aliphatic heterocycles. The zero-order chi connectivity index (χ0) is 21.9. The van der Waals surface area contributed by atoms with Crippen molar-refractivity contribution in [3.63, 3.8) is 0 Å². The summed E-state index contributed by atoms with van der Waals surface area (Å²) in [6.45, 7) is 2.12. The molecule has 30 heavy (non-hydrogen) atoms. The van der Waals surface area contributed by atoms with E-state index in [4.69, 9.17) is 11.0 Å². The Morgan fingerprint density at radius 1 is 1.27 bits per heavy atom. The molecule has 1 heterocycles. The summed E-state index contributed by atoms with van der Waals surface area (Å²) < 4.78 is 24.8. The fourth-order valence-electron chi connectivity index (χ4n) is 2.78. The van der Waals surface area contributed by atoms with E-state index in [0.29, 0.717) is 27.8 Å². The molecular formula is C20H19N5O3S2. The topological polar surface area (TPSA) is 129 Å². The molecule has 0 atom stereocenters. The van der Waals surface area contributed by atoms with E-state index < -0.39 is 15.9 Å². The van der Waals surface area contributed by atoms with Gasteiger partial charge in [-0.15, -0.1) is 11.3 Å². The van der Waals surface area contributed by atoms with Crippen molar-refractivity contribution >= 4 is 43.8 Å². The monoisotopic (exact) mass is 441 g/mol. The number of aromatic nitrogens is 1. The van der Waals surface area contributed by atoms with Crippen LogP contribution in [-0.4, -0.2) is 25.6 Å². The number of nitrogens with two attached hydrogens (primary N) is 1. The van der Waals surface area contributed by atoms with E-state index in [1.165, 1.54) is 11.3 Å². The highest BCUT2D eigenvalue weighted by Gasteiger charge is 2.22. The second-order valence-electron chi connectivity index (χ2n) is 6.59. The number of carbonyl (C=O) groups excluding carboxylic acids is 1. The maximum atomic E-state index is 12.3. The van der Waals surface area contributed by atoms with Crippen molar-refractivity contribution in [2.75, 3.05) is 16.9 Å². The summed E-state index contributed by atoms with van der Waals surface area (Å²) in [7, 11) is -3.71. The molecule has 3 rings (SSSR count). The van der Waals surface area contributed by atoms with E-state index in [2.05, 4.69) is 11.1 Å². The van der Waals surface area contributed by atoms with E-state index in [-0.39, 0.29) is 5.69 Å². The zero-order valence-electron chi connectivity index (χ0n) is 16.3. The average molecular weight is 442 g/mol. The largest absolute Gasteiger partial charge is 0.399 e. The molecule has 0 unspecified atom stereocenters. The molecule has 2 aromatic carbocycles. The molecule has 0 radical (unpaired) electrons. The third-order valence-corrected chi connectivity index (χ3v) is 5.66. The Kier molecular flexibility index (Phi) is 6.05. The lowest BCUT2D eigenvalue weighted by molar-refractivity contribution is 0.0977. The van der Waals surface area contributed by atoms with Crippen LogP contribution in [0, 0.1) is 18.3 Å². The molecule has 0 aliphatic rings. The third kappa shape index (κ3) is 5.14. The maximum absolute atomic E-state index is 12.3. The van der Waals surface area contributed by atoms with Crippen molar-refractivity contribution in [1.29, 1.82) is 5.26 Å². The number of amides is 1. The van der Waals surface area contributed by atoms with Gasteiger partial charge in [0.15, 0.2) is 5.13 Å². The van der Waals surface area contributed by atoms with Crippen LogP contribution in [0.4, 0.5) is 16.5 Å². The molecule has 0 aliphatic carbocycles. The number of rotatable bonds is 6. The van der Waals surface area contributed by atoms with Gasteiger partial charge >= 0.3 is 0 Å². The molecule has 1 aromatic heterocycles. The SMILES string of the molecule is Cc1sc(N(Cc2cccc(N)c2)c2ccc(C#N)cc2)nc1C(=O)NS(C)(=O)=O. The Hall–Kier alpha value is -3.42. The van der Waals surface area contributed by atoms with Gasteiger partial charge in [-0.05, 0) is 48.9 Å². The van der Waals surface area contributed by atoms with Crippen molar-refractivity contribution < 1.29 is 13.2 Å². The van der Waals surface area contributed by atoms with Crippen molar-refractivity contribution in [3.8, 4) is 6.07 Å². The Morgan fingerprint density at radius 3 is 2.57 bits per heavy atom. The molecule has 0 saturated carbocycles. The Balaban J connectivity index is 2.02. The highest BCUT2D eigenvalue weighted by atomic mass is 32.2. The van der Waals surface area contributed by atoms with Gasteiger partial charge in [0, 0.05) is 16.3 Å². The predicted molar refractivity (Wildman–Crippen MR) is 117 cm³/mol. The van der Waals surface area contributed by atoms with E-state index in [1.807, 2.05) is 27.8 Å².